The van der Waals surface area contributed by atoms with Crippen LogP contribution in [0.2, 0.25) is 0 Å². The van der Waals surface area contributed by atoms with Crippen molar-refractivity contribution in [1.82, 2.24) is 10.3 Å². The lowest BCUT2D eigenvalue weighted by molar-refractivity contribution is 0.0688. The van der Waals surface area contributed by atoms with Crippen LogP contribution < -0.4 is 5.32 Å². The van der Waals surface area contributed by atoms with Gasteiger partial charge in [-0.05, 0) is 31.8 Å². The average Bonchev–Trinajstić information content (AvgIpc) is 2.67. The van der Waals surface area contributed by atoms with E-state index in [1.165, 1.54) is 6.39 Å². The fraction of sp³-hybridized carbons (Fsp3) is 0.600. The van der Waals surface area contributed by atoms with Crippen LogP contribution in [-0.4, -0.2) is 29.1 Å². The molecule has 15 heavy (non-hydrogen) atoms. The van der Waals surface area contributed by atoms with Crippen LogP contribution in [0.3, 0.4) is 0 Å². The van der Waals surface area contributed by atoms with Gasteiger partial charge in [-0.15, -0.1) is 0 Å². The molecule has 2 heterocycles. The zero-order chi connectivity index (χ0) is 10.7. The van der Waals surface area contributed by atoms with E-state index in [-0.39, 0.29) is 5.69 Å². The second kappa shape index (κ2) is 4.44. The molecule has 1 saturated heterocycles. The van der Waals surface area contributed by atoms with Gasteiger partial charge in [0.25, 0.3) is 0 Å². The molecule has 0 radical (unpaired) electrons. The first-order valence-corrected chi connectivity index (χ1v) is 5.13. The van der Waals surface area contributed by atoms with E-state index in [4.69, 9.17) is 9.52 Å². The molecular weight excluding hydrogens is 196 g/mol. The summed E-state index contributed by atoms with van der Waals surface area (Å²) in [5.41, 5.74) is 0.0561. The zero-order valence-corrected chi connectivity index (χ0v) is 8.40. The lowest BCUT2D eigenvalue weighted by atomic mass is 9.94. The molecule has 2 N–H and O–H groups in total. The predicted molar refractivity (Wildman–Crippen MR) is 52.8 cm³/mol. The molecule has 5 nitrogen and oxygen atoms in total. The predicted octanol–water partition coefficient (Wildman–Crippen LogP) is 0.915. The molecule has 0 spiro atoms. The number of aromatic nitrogens is 1. The molecular formula is C10H14N2O3. The SMILES string of the molecule is O=C(O)c1ncoc1CC1CCCNC1. The number of hydrogen-bond donors (Lipinski definition) is 2. The summed E-state index contributed by atoms with van der Waals surface area (Å²) in [6.07, 6.45) is 4.12. The van der Waals surface area contributed by atoms with Gasteiger partial charge in [-0.2, -0.15) is 0 Å². The Labute approximate surface area is 87.5 Å². The lowest BCUT2D eigenvalue weighted by Crippen LogP contribution is -2.31. The molecule has 2 rings (SSSR count). The number of piperidine rings is 1. The van der Waals surface area contributed by atoms with E-state index in [0.717, 1.165) is 25.9 Å². The maximum Gasteiger partial charge on any atom is 0.358 e. The summed E-state index contributed by atoms with van der Waals surface area (Å²) >= 11 is 0. The summed E-state index contributed by atoms with van der Waals surface area (Å²) in [6, 6.07) is 0. The van der Waals surface area contributed by atoms with Gasteiger partial charge in [-0.3, -0.25) is 0 Å². The quantitative estimate of drug-likeness (QED) is 0.775. The number of carbonyl (C=O) groups is 1. The Morgan fingerprint density at radius 3 is 3.27 bits per heavy atom. The van der Waals surface area contributed by atoms with Gasteiger partial charge in [0.2, 0.25) is 0 Å². The van der Waals surface area contributed by atoms with Gasteiger partial charge in [0.1, 0.15) is 5.76 Å². The largest absolute Gasteiger partial charge is 0.476 e. The number of hydrogen-bond acceptors (Lipinski definition) is 4. The van der Waals surface area contributed by atoms with E-state index in [1.54, 1.807) is 0 Å². The first-order chi connectivity index (χ1) is 7.27. The number of nitrogens with one attached hydrogen (secondary N) is 1. The second-order valence-corrected chi connectivity index (χ2v) is 3.85. The number of nitrogens with zero attached hydrogens (tertiary/aromatic N) is 1. The van der Waals surface area contributed by atoms with E-state index >= 15 is 0 Å². The Morgan fingerprint density at radius 2 is 2.60 bits per heavy atom. The fourth-order valence-electron chi connectivity index (χ4n) is 1.95. The normalized spacial score (nSPS) is 21.5. The van der Waals surface area contributed by atoms with Crippen LogP contribution in [0, 0.1) is 5.92 Å². The molecule has 82 valence electrons. The van der Waals surface area contributed by atoms with Crippen molar-refractivity contribution in [1.29, 1.82) is 0 Å². The van der Waals surface area contributed by atoms with Gasteiger partial charge in [0.15, 0.2) is 12.1 Å². The third kappa shape index (κ3) is 2.36. The van der Waals surface area contributed by atoms with Crippen molar-refractivity contribution in [2.75, 3.05) is 13.1 Å². The van der Waals surface area contributed by atoms with Crippen LogP contribution in [0.15, 0.2) is 10.8 Å². The van der Waals surface area contributed by atoms with Gasteiger partial charge < -0.3 is 14.8 Å². The molecule has 1 atom stereocenters. The van der Waals surface area contributed by atoms with Gasteiger partial charge >= 0.3 is 5.97 Å². The average molecular weight is 210 g/mol. The van der Waals surface area contributed by atoms with Crippen LogP contribution in [0.4, 0.5) is 0 Å². The van der Waals surface area contributed by atoms with Crippen molar-refractivity contribution in [2.24, 2.45) is 5.92 Å². The highest BCUT2D eigenvalue weighted by atomic mass is 16.4. The molecule has 0 aromatic carbocycles. The molecule has 0 saturated carbocycles. The summed E-state index contributed by atoms with van der Waals surface area (Å²) in [5, 5.41) is 12.1. The van der Waals surface area contributed by atoms with Gasteiger partial charge in [-0.1, -0.05) is 0 Å². The van der Waals surface area contributed by atoms with E-state index in [0.29, 0.717) is 18.1 Å². The molecule has 0 bridgehead atoms. The van der Waals surface area contributed by atoms with E-state index in [2.05, 4.69) is 10.3 Å². The Hall–Kier alpha value is -1.36. The highest BCUT2D eigenvalue weighted by Crippen LogP contribution is 2.18. The van der Waals surface area contributed by atoms with Crippen molar-refractivity contribution < 1.29 is 14.3 Å². The van der Waals surface area contributed by atoms with E-state index < -0.39 is 5.97 Å². The number of aromatic carboxylic acids is 1. The van der Waals surface area contributed by atoms with Crippen molar-refractivity contribution >= 4 is 5.97 Å². The first-order valence-electron chi connectivity index (χ1n) is 5.13. The van der Waals surface area contributed by atoms with Crippen LogP contribution in [0.1, 0.15) is 29.1 Å². The van der Waals surface area contributed by atoms with Gasteiger partial charge in [-0.25, -0.2) is 9.78 Å². The second-order valence-electron chi connectivity index (χ2n) is 3.85. The van der Waals surface area contributed by atoms with Crippen LogP contribution >= 0.6 is 0 Å². The number of rotatable bonds is 3. The minimum absolute atomic E-state index is 0.0561. The summed E-state index contributed by atoms with van der Waals surface area (Å²) in [6.45, 7) is 1.98. The van der Waals surface area contributed by atoms with Crippen LogP contribution in [0.5, 0.6) is 0 Å². The topological polar surface area (TPSA) is 75.4 Å². The van der Waals surface area contributed by atoms with Crippen molar-refractivity contribution in [3.8, 4) is 0 Å². The molecule has 0 amide bonds. The highest BCUT2D eigenvalue weighted by molar-refractivity contribution is 5.86. The number of carboxylic acids is 1. The summed E-state index contributed by atoms with van der Waals surface area (Å²) in [5.74, 6) is -0.0523. The summed E-state index contributed by atoms with van der Waals surface area (Å²) in [4.78, 5) is 14.5. The number of oxazole rings is 1. The Morgan fingerprint density at radius 1 is 1.73 bits per heavy atom. The van der Waals surface area contributed by atoms with Crippen molar-refractivity contribution in [3.05, 3.63) is 17.8 Å². The molecule has 1 aromatic rings. The van der Waals surface area contributed by atoms with E-state index in [1.807, 2.05) is 0 Å². The molecule has 1 aromatic heterocycles. The molecule has 1 fully saturated rings. The maximum absolute atomic E-state index is 10.8. The summed E-state index contributed by atoms with van der Waals surface area (Å²) in [7, 11) is 0. The third-order valence-corrected chi connectivity index (χ3v) is 2.72. The first kappa shape index (κ1) is 10.2. The monoisotopic (exact) mass is 210 g/mol. The van der Waals surface area contributed by atoms with E-state index in [9.17, 15) is 4.79 Å². The van der Waals surface area contributed by atoms with Gasteiger partial charge in [0.05, 0.1) is 0 Å². The molecule has 1 aliphatic heterocycles. The smallest absolute Gasteiger partial charge is 0.358 e. The Bertz CT molecular complexity index is 342. The van der Waals surface area contributed by atoms with Crippen LogP contribution in [0.25, 0.3) is 0 Å². The lowest BCUT2D eigenvalue weighted by Gasteiger charge is -2.21. The minimum Gasteiger partial charge on any atom is -0.476 e. The fourth-order valence-corrected chi connectivity index (χ4v) is 1.95. The number of carboxylic acid groups (broad SMARTS) is 1. The molecule has 1 unspecified atom stereocenters. The minimum atomic E-state index is -1.01. The van der Waals surface area contributed by atoms with Gasteiger partial charge in [0, 0.05) is 6.42 Å². The Kier molecular flexibility index (Phi) is 3.01. The standard InChI is InChI=1S/C10H14N2O3/c13-10(14)9-8(15-6-12-9)4-7-2-1-3-11-5-7/h6-7,11H,1-5H2,(H,13,14). The molecule has 1 aliphatic rings. The van der Waals surface area contributed by atoms with Crippen molar-refractivity contribution in [2.45, 2.75) is 19.3 Å². The highest BCUT2D eigenvalue weighted by Gasteiger charge is 2.21. The zero-order valence-electron chi connectivity index (χ0n) is 8.40. The van der Waals surface area contributed by atoms with Crippen molar-refractivity contribution in [3.63, 3.8) is 0 Å². The summed E-state index contributed by atoms with van der Waals surface area (Å²) < 4.78 is 5.11. The third-order valence-electron chi connectivity index (χ3n) is 2.72. The Balaban J connectivity index is 2.03. The maximum atomic E-state index is 10.8. The van der Waals surface area contributed by atoms with Crippen LogP contribution in [-0.2, 0) is 6.42 Å². The molecule has 5 heteroatoms. The molecule has 0 aliphatic carbocycles.